The maximum Gasteiger partial charge on any atom is 0.259 e. The summed E-state index contributed by atoms with van der Waals surface area (Å²) < 4.78 is 0. The van der Waals surface area contributed by atoms with Gasteiger partial charge in [-0.05, 0) is 35.9 Å². The number of carbonyl (C=O) groups is 2. The molecule has 6 heteroatoms. The fourth-order valence-corrected chi connectivity index (χ4v) is 2.63. The highest BCUT2D eigenvalue weighted by atomic mass is 35.5. The van der Waals surface area contributed by atoms with E-state index >= 15 is 0 Å². The molecular weight excluding hydrogens is 362 g/mol. The molecule has 0 saturated heterocycles. The molecular formula is C21H20ClN3O2. The molecule has 0 unspecified atom stereocenters. The molecule has 1 aromatic carbocycles. The summed E-state index contributed by atoms with van der Waals surface area (Å²) in [5.41, 5.74) is 3.09. The molecule has 138 valence electrons. The first-order valence-corrected chi connectivity index (χ1v) is 8.47. The lowest BCUT2D eigenvalue weighted by Crippen LogP contribution is -2.26. The molecule has 0 N–H and O–H groups in total. The first kappa shape index (κ1) is 20.1. The number of nitrogens with zero attached hydrogens (tertiary/aromatic N) is 3. The van der Waals surface area contributed by atoms with Gasteiger partial charge in [-0.3, -0.25) is 14.6 Å². The van der Waals surface area contributed by atoms with E-state index in [-0.39, 0.29) is 5.91 Å². The number of hydrogen-bond acceptors (Lipinski definition) is 3. The van der Waals surface area contributed by atoms with Gasteiger partial charge in [-0.1, -0.05) is 43.0 Å². The number of pyridine rings is 1. The minimum atomic E-state index is -0.246. The van der Waals surface area contributed by atoms with Crippen molar-refractivity contribution in [3.8, 4) is 0 Å². The Balaban J connectivity index is 2.31. The van der Waals surface area contributed by atoms with Gasteiger partial charge in [0.05, 0.1) is 11.3 Å². The van der Waals surface area contributed by atoms with E-state index in [0.717, 1.165) is 5.57 Å². The van der Waals surface area contributed by atoms with E-state index in [4.69, 9.17) is 11.6 Å². The number of carbonyl (C=O) groups excluding carboxylic acids is 2. The largest absolute Gasteiger partial charge is 0.318 e. The Labute approximate surface area is 163 Å². The van der Waals surface area contributed by atoms with Crippen molar-refractivity contribution in [2.24, 2.45) is 0 Å². The summed E-state index contributed by atoms with van der Waals surface area (Å²) in [5, 5.41) is 0.425. The zero-order chi connectivity index (χ0) is 20.0. The van der Waals surface area contributed by atoms with Gasteiger partial charge in [0.25, 0.3) is 5.91 Å². The van der Waals surface area contributed by atoms with Gasteiger partial charge < -0.3 is 9.80 Å². The number of anilines is 2. The second-order valence-corrected chi connectivity index (χ2v) is 6.18. The van der Waals surface area contributed by atoms with Crippen LogP contribution in [0.2, 0.25) is 5.02 Å². The van der Waals surface area contributed by atoms with E-state index in [1.807, 2.05) is 0 Å². The number of hydrogen-bond donors (Lipinski definition) is 0. The maximum atomic E-state index is 12.8. The standard InChI is InChI=1S/C21H20ClN3O2/c1-5-7-15(6-2)20-9-8-16(13-23-20)21(27)25(4)19-11-17(22)10-18(12-19)24(3)14-26/h5-14H,1-2H2,3-4H3/b15-7+. The average molecular weight is 382 g/mol. The fourth-order valence-electron chi connectivity index (χ4n) is 2.40. The van der Waals surface area contributed by atoms with Crippen molar-refractivity contribution in [2.45, 2.75) is 0 Å². The summed E-state index contributed by atoms with van der Waals surface area (Å²) in [5.74, 6) is -0.246. The van der Waals surface area contributed by atoms with Gasteiger partial charge in [0.15, 0.2) is 0 Å². The van der Waals surface area contributed by atoms with Crippen molar-refractivity contribution in [1.82, 2.24) is 4.98 Å². The van der Waals surface area contributed by atoms with Gasteiger partial charge >= 0.3 is 0 Å². The van der Waals surface area contributed by atoms with Gasteiger partial charge in [-0.2, -0.15) is 0 Å². The molecule has 1 aromatic heterocycles. The fraction of sp³-hybridized carbons (Fsp3) is 0.0952. The van der Waals surface area contributed by atoms with Crippen LogP contribution in [-0.4, -0.2) is 31.4 Å². The van der Waals surface area contributed by atoms with Gasteiger partial charge in [0, 0.05) is 36.7 Å². The number of benzene rings is 1. The Morgan fingerprint density at radius 2 is 1.85 bits per heavy atom. The summed E-state index contributed by atoms with van der Waals surface area (Å²) in [7, 11) is 3.25. The number of rotatable bonds is 7. The van der Waals surface area contributed by atoms with Gasteiger partial charge in [0.1, 0.15) is 0 Å². The highest BCUT2D eigenvalue weighted by Crippen LogP contribution is 2.27. The molecule has 0 atom stereocenters. The summed E-state index contributed by atoms with van der Waals surface area (Å²) >= 11 is 6.13. The van der Waals surface area contributed by atoms with Crippen molar-refractivity contribution in [1.29, 1.82) is 0 Å². The summed E-state index contributed by atoms with van der Waals surface area (Å²) in [6.45, 7) is 7.41. The van der Waals surface area contributed by atoms with E-state index in [9.17, 15) is 9.59 Å². The molecule has 2 amide bonds. The third-order valence-corrected chi connectivity index (χ3v) is 4.17. The molecule has 0 fully saturated rings. The third-order valence-electron chi connectivity index (χ3n) is 3.95. The van der Waals surface area contributed by atoms with Gasteiger partial charge in [0.2, 0.25) is 6.41 Å². The van der Waals surface area contributed by atoms with E-state index in [0.29, 0.717) is 34.1 Å². The van der Waals surface area contributed by atoms with E-state index < -0.39 is 0 Å². The van der Waals surface area contributed by atoms with E-state index in [1.165, 1.54) is 16.0 Å². The van der Waals surface area contributed by atoms with Crippen LogP contribution in [0.25, 0.3) is 5.57 Å². The van der Waals surface area contributed by atoms with Crippen LogP contribution in [0, 0.1) is 0 Å². The first-order valence-electron chi connectivity index (χ1n) is 8.09. The zero-order valence-corrected chi connectivity index (χ0v) is 16.0. The van der Waals surface area contributed by atoms with Crippen LogP contribution in [0.4, 0.5) is 11.4 Å². The van der Waals surface area contributed by atoms with Crippen molar-refractivity contribution < 1.29 is 9.59 Å². The molecule has 0 aliphatic rings. The van der Waals surface area contributed by atoms with Crippen LogP contribution in [0.3, 0.4) is 0 Å². The van der Waals surface area contributed by atoms with E-state index in [1.54, 1.807) is 62.7 Å². The number of allylic oxidation sites excluding steroid dienone is 4. The SMILES string of the molecule is C=C/C=C(\C=C)c1ccc(C(=O)N(C)c2cc(Cl)cc(N(C)C=O)c2)cn1. The summed E-state index contributed by atoms with van der Waals surface area (Å²) in [4.78, 5) is 30.9. The van der Waals surface area contributed by atoms with Crippen molar-refractivity contribution in [3.63, 3.8) is 0 Å². The maximum absolute atomic E-state index is 12.8. The molecule has 0 saturated carbocycles. The molecule has 27 heavy (non-hydrogen) atoms. The molecule has 0 aliphatic heterocycles. The Morgan fingerprint density at radius 1 is 1.15 bits per heavy atom. The highest BCUT2D eigenvalue weighted by molar-refractivity contribution is 6.31. The first-order chi connectivity index (χ1) is 12.9. The van der Waals surface area contributed by atoms with Crippen molar-refractivity contribution in [3.05, 3.63) is 84.2 Å². The number of halogens is 1. The summed E-state index contributed by atoms with van der Waals surface area (Å²) in [6.07, 6.45) is 7.30. The Morgan fingerprint density at radius 3 is 2.41 bits per heavy atom. The lowest BCUT2D eigenvalue weighted by Gasteiger charge is -2.20. The van der Waals surface area contributed by atoms with Crippen molar-refractivity contribution >= 4 is 40.9 Å². The van der Waals surface area contributed by atoms with Gasteiger partial charge in [-0.15, -0.1) is 0 Å². The Hall–Kier alpha value is -3.18. The highest BCUT2D eigenvalue weighted by Gasteiger charge is 2.16. The summed E-state index contributed by atoms with van der Waals surface area (Å²) in [6, 6.07) is 8.47. The van der Waals surface area contributed by atoms with Crippen LogP contribution >= 0.6 is 11.6 Å². The molecule has 1 heterocycles. The molecule has 5 nitrogen and oxygen atoms in total. The van der Waals surface area contributed by atoms with Crippen molar-refractivity contribution in [2.75, 3.05) is 23.9 Å². The molecule has 0 bridgehead atoms. The monoisotopic (exact) mass is 381 g/mol. The average Bonchev–Trinajstić information content (AvgIpc) is 2.69. The quantitative estimate of drug-likeness (QED) is 0.529. The third kappa shape index (κ3) is 4.71. The van der Waals surface area contributed by atoms with Crippen LogP contribution in [-0.2, 0) is 4.79 Å². The molecule has 2 rings (SSSR count). The second-order valence-electron chi connectivity index (χ2n) is 5.74. The molecule has 2 aromatic rings. The number of amides is 2. The normalized spacial score (nSPS) is 10.9. The topological polar surface area (TPSA) is 53.5 Å². The number of aromatic nitrogens is 1. The molecule has 0 radical (unpaired) electrons. The lowest BCUT2D eigenvalue weighted by atomic mass is 10.1. The predicted octanol–water partition coefficient (Wildman–Crippen LogP) is 4.36. The molecule has 0 aliphatic carbocycles. The van der Waals surface area contributed by atoms with E-state index in [2.05, 4.69) is 18.1 Å². The van der Waals surface area contributed by atoms with Crippen LogP contribution in [0.1, 0.15) is 16.1 Å². The minimum Gasteiger partial charge on any atom is -0.318 e. The second kappa shape index (κ2) is 8.96. The Bertz CT molecular complexity index is 904. The lowest BCUT2D eigenvalue weighted by molar-refractivity contribution is -0.107. The Kier molecular flexibility index (Phi) is 6.68. The predicted molar refractivity (Wildman–Crippen MR) is 111 cm³/mol. The zero-order valence-electron chi connectivity index (χ0n) is 15.2. The molecule has 0 spiro atoms. The van der Waals surface area contributed by atoms with Crippen LogP contribution in [0.15, 0.2) is 67.9 Å². The van der Waals surface area contributed by atoms with Crippen LogP contribution in [0.5, 0.6) is 0 Å². The minimum absolute atomic E-state index is 0.246. The smallest absolute Gasteiger partial charge is 0.259 e. The van der Waals surface area contributed by atoms with Crippen LogP contribution < -0.4 is 9.80 Å². The van der Waals surface area contributed by atoms with Gasteiger partial charge in [-0.25, -0.2) is 0 Å².